The molecule has 0 heterocycles. The van der Waals surface area contributed by atoms with Gasteiger partial charge in [-0.2, -0.15) is 0 Å². The van der Waals surface area contributed by atoms with Crippen molar-refractivity contribution in [1.29, 1.82) is 0 Å². The Kier molecular flexibility index (Phi) is 10.0. The van der Waals surface area contributed by atoms with Crippen molar-refractivity contribution in [2.75, 3.05) is 20.2 Å². The topological polar surface area (TPSA) is 21.3 Å². The van der Waals surface area contributed by atoms with Crippen LogP contribution in [0.15, 0.2) is 24.3 Å². The normalized spacial score (nSPS) is 10.7. The van der Waals surface area contributed by atoms with E-state index in [9.17, 15) is 0 Å². The van der Waals surface area contributed by atoms with E-state index in [2.05, 4.69) is 30.4 Å². The van der Waals surface area contributed by atoms with E-state index in [4.69, 9.17) is 4.74 Å². The Labute approximate surface area is 124 Å². The van der Waals surface area contributed by atoms with Crippen LogP contribution in [0.4, 0.5) is 0 Å². The van der Waals surface area contributed by atoms with Crippen LogP contribution < -0.4 is 10.1 Å². The standard InChI is InChI=1S/C18H31NO/c1-3-4-5-6-7-8-9-14-19-15-13-17-11-10-12-18(16-17)20-2/h10-12,16,19H,3-9,13-15H2,1-2H3. The molecule has 0 spiro atoms. The van der Waals surface area contributed by atoms with E-state index < -0.39 is 0 Å². The fraction of sp³-hybridized carbons (Fsp3) is 0.667. The molecule has 0 aliphatic carbocycles. The Hall–Kier alpha value is -1.02. The van der Waals surface area contributed by atoms with Crippen molar-refractivity contribution in [2.24, 2.45) is 0 Å². The summed E-state index contributed by atoms with van der Waals surface area (Å²) in [5.41, 5.74) is 1.34. The highest BCUT2D eigenvalue weighted by Crippen LogP contribution is 2.12. The van der Waals surface area contributed by atoms with Gasteiger partial charge in [0.2, 0.25) is 0 Å². The van der Waals surface area contributed by atoms with Gasteiger partial charge in [-0.05, 0) is 43.6 Å². The van der Waals surface area contributed by atoms with Gasteiger partial charge in [-0.3, -0.25) is 0 Å². The molecule has 1 N–H and O–H groups in total. The first-order chi connectivity index (χ1) is 9.86. The number of hydrogen-bond donors (Lipinski definition) is 1. The average molecular weight is 277 g/mol. The Morgan fingerprint density at radius 2 is 1.70 bits per heavy atom. The summed E-state index contributed by atoms with van der Waals surface area (Å²) in [6.07, 6.45) is 10.7. The molecule has 0 saturated heterocycles. The van der Waals surface area contributed by atoms with Crippen molar-refractivity contribution < 1.29 is 4.74 Å². The molecule has 2 heteroatoms. The second kappa shape index (κ2) is 11.8. The lowest BCUT2D eigenvalue weighted by atomic mass is 10.1. The number of nitrogens with one attached hydrogen (secondary N) is 1. The van der Waals surface area contributed by atoms with E-state index in [1.54, 1.807) is 7.11 Å². The van der Waals surface area contributed by atoms with Crippen LogP contribution in [-0.2, 0) is 6.42 Å². The molecule has 0 saturated carbocycles. The van der Waals surface area contributed by atoms with Crippen molar-refractivity contribution in [1.82, 2.24) is 5.32 Å². The Bertz CT molecular complexity index is 338. The fourth-order valence-electron chi connectivity index (χ4n) is 2.39. The molecule has 0 aromatic heterocycles. The maximum absolute atomic E-state index is 5.23. The zero-order chi connectivity index (χ0) is 14.5. The third-order valence-electron chi connectivity index (χ3n) is 3.68. The van der Waals surface area contributed by atoms with Crippen LogP contribution in [0, 0.1) is 0 Å². The third kappa shape index (κ3) is 8.21. The first-order valence-electron chi connectivity index (χ1n) is 8.20. The number of benzene rings is 1. The fourth-order valence-corrected chi connectivity index (χ4v) is 2.39. The van der Waals surface area contributed by atoms with Gasteiger partial charge >= 0.3 is 0 Å². The van der Waals surface area contributed by atoms with Gasteiger partial charge < -0.3 is 10.1 Å². The summed E-state index contributed by atoms with van der Waals surface area (Å²) in [6.45, 7) is 4.48. The van der Waals surface area contributed by atoms with Crippen LogP contribution in [-0.4, -0.2) is 20.2 Å². The predicted octanol–water partition coefficient (Wildman–Crippen LogP) is 4.58. The maximum Gasteiger partial charge on any atom is 0.119 e. The van der Waals surface area contributed by atoms with Gasteiger partial charge in [-0.25, -0.2) is 0 Å². The van der Waals surface area contributed by atoms with Gasteiger partial charge in [0.25, 0.3) is 0 Å². The molecule has 114 valence electrons. The molecule has 0 aliphatic heterocycles. The minimum atomic E-state index is 0.953. The molecule has 0 aliphatic rings. The molecule has 0 amide bonds. The van der Waals surface area contributed by atoms with Gasteiger partial charge in [-0.15, -0.1) is 0 Å². The zero-order valence-corrected chi connectivity index (χ0v) is 13.3. The molecule has 20 heavy (non-hydrogen) atoms. The second-order valence-electron chi connectivity index (χ2n) is 5.47. The summed E-state index contributed by atoms with van der Waals surface area (Å²) in [4.78, 5) is 0. The molecular formula is C18H31NO. The Morgan fingerprint density at radius 3 is 2.45 bits per heavy atom. The van der Waals surface area contributed by atoms with Gasteiger partial charge in [0, 0.05) is 0 Å². The van der Waals surface area contributed by atoms with E-state index in [1.807, 2.05) is 6.07 Å². The Balaban J connectivity index is 1.94. The van der Waals surface area contributed by atoms with Crippen LogP contribution in [0.5, 0.6) is 5.75 Å². The van der Waals surface area contributed by atoms with Crippen molar-refractivity contribution >= 4 is 0 Å². The molecule has 0 fully saturated rings. The van der Waals surface area contributed by atoms with Crippen LogP contribution in [0.3, 0.4) is 0 Å². The molecular weight excluding hydrogens is 246 g/mol. The van der Waals surface area contributed by atoms with E-state index in [0.717, 1.165) is 25.3 Å². The smallest absolute Gasteiger partial charge is 0.119 e. The minimum absolute atomic E-state index is 0.953. The van der Waals surface area contributed by atoms with Gasteiger partial charge in [0.15, 0.2) is 0 Å². The highest BCUT2D eigenvalue weighted by molar-refractivity contribution is 5.28. The zero-order valence-electron chi connectivity index (χ0n) is 13.3. The van der Waals surface area contributed by atoms with Crippen LogP contribution in [0.2, 0.25) is 0 Å². The number of hydrogen-bond acceptors (Lipinski definition) is 2. The maximum atomic E-state index is 5.23. The first kappa shape index (κ1) is 17.0. The predicted molar refractivity (Wildman–Crippen MR) is 87.6 cm³/mol. The molecule has 2 nitrogen and oxygen atoms in total. The lowest BCUT2D eigenvalue weighted by molar-refractivity contribution is 0.414. The van der Waals surface area contributed by atoms with Crippen molar-refractivity contribution in [3.05, 3.63) is 29.8 Å². The highest BCUT2D eigenvalue weighted by atomic mass is 16.5. The molecule has 0 bridgehead atoms. The monoisotopic (exact) mass is 277 g/mol. The van der Waals surface area contributed by atoms with E-state index in [-0.39, 0.29) is 0 Å². The molecule has 1 aromatic carbocycles. The largest absolute Gasteiger partial charge is 0.497 e. The molecule has 1 aromatic rings. The van der Waals surface area contributed by atoms with E-state index >= 15 is 0 Å². The van der Waals surface area contributed by atoms with Crippen LogP contribution >= 0.6 is 0 Å². The van der Waals surface area contributed by atoms with Crippen molar-refractivity contribution in [3.8, 4) is 5.75 Å². The SMILES string of the molecule is CCCCCCCCCNCCc1cccc(OC)c1. The van der Waals surface area contributed by atoms with Gasteiger partial charge in [0.05, 0.1) is 7.11 Å². The molecule has 0 radical (unpaired) electrons. The first-order valence-corrected chi connectivity index (χ1v) is 8.20. The Morgan fingerprint density at radius 1 is 0.950 bits per heavy atom. The molecule has 0 unspecified atom stereocenters. The summed E-state index contributed by atoms with van der Waals surface area (Å²) in [6, 6.07) is 8.34. The summed E-state index contributed by atoms with van der Waals surface area (Å²) in [5, 5.41) is 3.53. The summed E-state index contributed by atoms with van der Waals surface area (Å²) >= 11 is 0. The summed E-state index contributed by atoms with van der Waals surface area (Å²) in [7, 11) is 1.72. The summed E-state index contributed by atoms with van der Waals surface area (Å²) < 4.78 is 5.23. The van der Waals surface area contributed by atoms with E-state index in [0.29, 0.717) is 0 Å². The van der Waals surface area contributed by atoms with Crippen molar-refractivity contribution in [3.63, 3.8) is 0 Å². The molecule has 1 rings (SSSR count). The number of unbranched alkanes of at least 4 members (excludes halogenated alkanes) is 6. The number of rotatable bonds is 12. The van der Waals surface area contributed by atoms with Crippen LogP contribution in [0.1, 0.15) is 57.4 Å². The average Bonchev–Trinajstić information content (AvgIpc) is 2.49. The van der Waals surface area contributed by atoms with Gasteiger partial charge in [0.1, 0.15) is 5.75 Å². The third-order valence-corrected chi connectivity index (χ3v) is 3.68. The van der Waals surface area contributed by atoms with Gasteiger partial charge in [-0.1, -0.05) is 57.6 Å². The summed E-state index contributed by atoms with van der Waals surface area (Å²) in [5.74, 6) is 0.953. The number of methoxy groups -OCH3 is 1. The second-order valence-corrected chi connectivity index (χ2v) is 5.47. The quantitative estimate of drug-likeness (QED) is 0.565. The van der Waals surface area contributed by atoms with Crippen LogP contribution in [0.25, 0.3) is 0 Å². The van der Waals surface area contributed by atoms with Crippen molar-refractivity contribution in [2.45, 2.75) is 58.3 Å². The van der Waals surface area contributed by atoms with E-state index in [1.165, 1.54) is 50.5 Å². The minimum Gasteiger partial charge on any atom is -0.497 e. The lowest BCUT2D eigenvalue weighted by Gasteiger charge is -2.06. The number of ether oxygens (including phenoxy) is 1. The highest BCUT2D eigenvalue weighted by Gasteiger charge is 1.96. The molecule has 0 atom stereocenters. The lowest BCUT2D eigenvalue weighted by Crippen LogP contribution is -2.18.